The van der Waals surface area contributed by atoms with E-state index in [0.29, 0.717) is 18.8 Å². The van der Waals surface area contributed by atoms with Crippen LogP contribution in [0.3, 0.4) is 0 Å². The van der Waals surface area contributed by atoms with Crippen molar-refractivity contribution < 1.29 is 32.6 Å². The number of ether oxygens (including phenoxy) is 1. The molecule has 6 nitrogen and oxygen atoms in total. The number of alkyl halides is 3. The van der Waals surface area contributed by atoms with Crippen LogP contribution in [-0.2, 0) is 4.79 Å². The maximum Gasteiger partial charge on any atom is 0.394 e. The van der Waals surface area contributed by atoms with Gasteiger partial charge in [0.05, 0.1) is 18.4 Å². The van der Waals surface area contributed by atoms with E-state index >= 15 is 0 Å². The van der Waals surface area contributed by atoms with E-state index < -0.39 is 43.1 Å². The molecule has 1 aromatic rings. The van der Waals surface area contributed by atoms with Gasteiger partial charge in [-0.3, -0.25) is 4.79 Å². The van der Waals surface area contributed by atoms with Crippen molar-refractivity contribution in [2.75, 3.05) is 26.2 Å². The van der Waals surface area contributed by atoms with Crippen molar-refractivity contribution in [3.8, 4) is 5.75 Å². The van der Waals surface area contributed by atoms with Gasteiger partial charge in [-0.2, -0.15) is 13.2 Å². The minimum Gasteiger partial charge on any atom is -0.494 e. The first-order valence-electron chi connectivity index (χ1n) is 8.20. The van der Waals surface area contributed by atoms with Crippen molar-refractivity contribution in [3.63, 3.8) is 0 Å². The zero-order valence-electron chi connectivity index (χ0n) is 14.3. The summed E-state index contributed by atoms with van der Waals surface area (Å²) in [5, 5.41) is 11.4. The number of halogens is 3. The highest BCUT2D eigenvalue weighted by Gasteiger charge is 2.53. The molecule has 0 aliphatic carbocycles. The predicted molar refractivity (Wildman–Crippen MR) is 86.9 cm³/mol. The zero-order valence-corrected chi connectivity index (χ0v) is 14.3. The maximum absolute atomic E-state index is 12.9. The van der Waals surface area contributed by atoms with Crippen LogP contribution < -0.4 is 10.1 Å². The molecule has 1 saturated heterocycles. The molecule has 1 aliphatic rings. The van der Waals surface area contributed by atoms with E-state index in [1.165, 1.54) is 0 Å². The van der Waals surface area contributed by atoms with Crippen molar-refractivity contribution in [2.24, 2.45) is 11.8 Å². The quantitative estimate of drug-likeness (QED) is 0.751. The first kappa shape index (κ1) is 19.9. The fraction of sp³-hybridized carbons (Fsp3) is 0.529. The molecule has 0 aromatic heterocycles. The summed E-state index contributed by atoms with van der Waals surface area (Å²) >= 11 is 0. The first-order valence-corrected chi connectivity index (χ1v) is 8.20. The number of nitrogens with one attached hydrogen (secondary N) is 1. The van der Waals surface area contributed by atoms with Crippen LogP contribution in [0.15, 0.2) is 24.3 Å². The van der Waals surface area contributed by atoms with Gasteiger partial charge in [-0.1, -0.05) is 17.7 Å². The Labute approximate surface area is 148 Å². The number of aryl methyl sites for hydroxylation is 1. The Morgan fingerprint density at radius 2 is 1.92 bits per heavy atom. The van der Waals surface area contributed by atoms with Crippen LogP contribution in [0.4, 0.5) is 18.0 Å². The lowest BCUT2D eigenvalue weighted by molar-refractivity contribution is -0.187. The monoisotopic (exact) mass is 374 g/mol. The summed E-state index contributed by atoms with van der Waals surface area (Å²) in [6.07, 6.45) is -4.18. The number of urea groups is 1. The Kier molecular flexibility index (Phi) is 6.33. The average Bonchev–Trinajstić information content (AvgIpc) is 3.02. The highest BCUT2D eigenvalue weighted by molar-refractivity contribution is 5.77. The number of hydrogen-bond acceptors (Lipinski definition) is 3. The van der Waals surface area contributed by atoms with Gasteiger partial charge in [0, 0.05) is 19.6 Å². The van der Waals surface area contributed by atoms with Crippen molar-refractivity contribution in [1.82, 2.24) is 10.2 Å². The topological polar surface area (TPSA) is 78.9 Å². The third-order valence-corrected chi connectivity index (χ3v) is 4.23. The van der Waals surface area contributed by atoms with Crippen LogP contribution in [0.2, 0.25) is 0 Å². The van der Waals surface area contributed by atoms with Gasteiger partial charge in [0.1, 0.15) is 5.75 Å². The highest BCUT2D eigenvalue weighted by atomic mass is 19.4. The van der Waals surface area contributed by atoms with Gasteiger partial charge in [0.25, 0.3) is 0 Å². The SMILES string of the molecule is Cc1ccc(OCCCNC(=O)N2C[C@@H](C(F)(F)F)[C@H](C(=O)O)C2)cc1. The van der Waals surface area contributed by atoms with Gasteiger partial charge in [-0.25, -0.2) is 4.79 Å². The molecular formula is C17H21F3N2O4. The number of rotatable bonds is 6. The normalized spacial score (nSPS) is 20.1. The van der Waals surface area contributed by atoms with E-state index in [9.17, 15) is 22.8 Å². The van der Waals surface area contributed by atoms with Crippen LogP contribution in [0.1, 0.15) is 12.0 Å². The smallest absolute Gasteiger partial charge is 0.394 e. The van der Waals surface area contributed by atoms with Gasteiger partial charge >= 0.3 is 18.2 Å². The summed E-state index contributed by atoms with van der Waals surface area (Å²) in [7, 11) is 0. The van der Waals surface area contributed by atoms with E-state index in [-0.39, 0.29) is 6.54 Å². The maximum atomic E-state index is 12.9. The van der Waals surface area contributed by atoms with Gasteiger partial charge < -0.3 is 20.1 Å². The zero-order chi connectivity index (χ0) is 19.3. The van der Waals surface area contributed by atoms with E-state index in [1.54, 1.807) is 0 Å². The summed E-state index contributed by atoms with van der Waals surface area (Å²) in [5.41, 5.74) is 1.10. The van der Waals surface area contributed by atoms with E-state index in [2.05, 4.69) is 5.32 Å². The van der Waals surface area contributed by atoms with E-state index in [4.69, 9.17) is 9.84 Å². The molecule has 2 amide bonds. The predicted octanol–water partition coefficient (Wildman–Crippen LogP) is 2.67. The molecule has 2 atom stereocenters. The number of nitrogens with zero attached hydrogens (tertiary/aromatic N) is 1. The summed E-state index contributed by atoms with van der Waals surface area (Å²) in [6, 6.07) is 6.75. The third-order valence-electron chi connectivity index (χ3n) is 4.23. The Balaban J connectivity index is 1.74. The van der Waals surface area contributed by atoms with Crippen molar-refractivity contribution >= 4 is 12.0 Å². The number of hydrogen-bond donors (Lipinski definition) is 2. The van der Waals surface area contributed by atoms with Gasteiger partial charge in [0.2, 0.25) is 0 Å². The molecule has 9 heteroatoms. The van der Waals surface area contributed by atoms with E-state index in [1.807, 2.05) is 31.2 Å². The highest BCUT2D eigenvalue weighted by Crippen LogP contribution is 2.37. The second-order valence-corrected chi connectivity index (χ2v) is 6.24. The Bertz CT molecular complexity index is 634. The number of carboxylic acids is 1. The fourth-order valence-electron chi connectivity index (χ4n) is 2.76. The average molecular weight is 374 g/mol. The second-order valence-electron chi connectivity index (χ2n) is 6.24. The molecule has 1 aromatic carbocycles. The molecule has 0 saturated carbocycles. The number of likely N-dealkylation sites (tertiary alicyclic amines) is 1. The Morgan fingerprint density at radius 3 is 2.46 bits per heavy atom. The first-order chi connectivity index (χ1) is 12.2. The van der Waals surface area contributed by atoms with Crippen LogP contribution in [-0.4, -0.2) is 54.4 Å². The number of carbonyl (C=O) groups is 2. The minimum atomic E-state index is -4.65. The summed E-state index contributed by atoms with van der Waals surface area (Å²) in [6.45, 7) is 1.41. The molecular weight excluding hydrogens is 353 g/mol. The standard InChI is InChI=1S/C17H21F3N2O4/c1-11-3-5-12(6-4-11)26-8-2-7-21-16(25)22-9-13(15(23)24)14(10-22)17(18,19)20/h3-6,13-14H,2,7-10H2,1H3,(H,21,25)(H,23,24)/t13-,14-/m1/s1. The van der Waals surface area contributed by atoms with Crippen LogP contribution in [0, 0.1) is 18.8 Å². The Morgan fingerprint density at radius 1 is 1.27 bits per heavy atom. The summed E-state index contributed by atoms with van der Waals surface area (Å²) in [5.74, 6) is -4.53. The molecule has 2 N–H and O–H groups in total. The van der Waals surface area contributed by atoms with Crippen LogP contribution in [0.5, 0.6) is 5.75 Å². The lowest BCUT2D eigenvalue weighted by Crippen LogP contribution is -2.40. The van der Waals surface area contributed by atoms with E-state index in [0.717, 1.165) is 10.5 Å². The number of carbonyl (C=O) groups excluding carboxylic acids is 1. The largest absolute Gasteiger partial charge is 0.494 e. The molecule has 26 heavy (non-hydrogen) atoms. The summed E-state index contributed by atoms with van der Waals surface area (Å²) < 4.78 is 44.2. The van der Waals surface area contributed by atoms with Crippen molar-refractivity contribution in [3.05, 3.63) is 29.8 Å². The van der Waals surface area contributed by atoms with Crippen LogP contribution in [0.25, 0.3) is 0 Å². The minimum absolute atomic E-state index is 0.218. The van der Waals surface area contributed by atoms with Crippen molar-refractivity contribution in [1.29, 1.82) is 0 Å². The molecule has 0 unspecified atom stereocenters. The van der Waals surface area contributed by atoms with Crippen molar-refractivity contribution in [2.45, 2.75) is 19.5 Å². The summed E-state index contributed by atoms with van der Waals surface area (Å²) in [4.78, 5) is 23.9. The number of carboxylic acid groups (broad SMARTS) is 1. The third kappa shape index (κ3) is 5.27. The molecule has 1 aliphatic heterocycles. The second kappa shape index (κ2) is 8.29. The van der Waals surface area contributed by atoms with Gasteiger partial charge in [0.15, 0.2) is 0 Å². The number of benzene rings is 1. The lowest BCUT2D eigenvalue weighted by Gasteiger charge is -2.18. The molecule has 1 fully saturated rings. The number of amides is 2. The van der Waals surface area contributed by atoms with Gasteiger partial charge in [-0.05, 0) is 25.5 Å². The molecule has 0 spiro atoms. The van der Waals surface area contributed by atoms with Gasteiger partial charge in [-0.15, -0.1) is 0 Å². The molecule has 144 valence electrons. The van der Waals surface area contributed by atoms with Crippen LogP contribution >= 0.6 is 0 Å². The lowest BCUT2D eigenvalue weighted by atomic mass is 9.96. The molecule has 0 bridgehead atoms. The molecule has 2 rings (SSSR count). The Hall–Kier alpha value is -2.45. The molecule has 0 radical (unpaired) electrons. The fourth-order valence-corrected chi connectivity index (χ4v) is 2.76. The number of aliphatic carboxylic acids is 1. The molecule has 1 heterocycles.